The summed E-state index contributed by atoms with van der Waals surface area (Å²) in [5.41, 5.74) is -8.83. The minimum atomic E-state index is -1.02. The average molecular weight is 761 g/mol. The summed E-state index contributed by atoms with van der Waals surface area (Å²) in [5.74, 6) is -2.44. The van der Waals surface area contributed by atoms with E-state index < -0.39 is 297 Å². The lowest BCUT2D eigenvalue weighted by atomic mass is 9.91. The molecule has 266 valence electrons. The average Bonchev–Trinajstić information content (AvgIpc) is 1.49. The minimum absolute atomic E-state index is 0.446. The van der Waals surface area contributed by atoms with Gasteiger partial charge in [0.15, 0.2) is 17.5 Å². The van der Waals surface area contributed by atoms with Crippen LogP contribution in [0.5, 0.6) is 0 Å². The van der Waals surface area contributed by atoms with Gasteiger partial charge < -0.3 is 13.3 Å². The molecular formula is C51H29N3O3. The van der Waals surface area contributed by atoms with Crippen LogP contribution in [0.1, 0.15) is 39.8 Å². The predicted octanol–water partition coefficient (Wildman–Crippen LogP) is 13.9. The smallest absolute Gasteiger partial charge is 0.164 e. The van der Waals surface area contributed by atoms with E-state index in [1.54, 1.807) is 0 Å². The van der Waals surface area contributed by atoms with Crippen LogP contribution in [0.4, 0.5) is 0 Å². The molecule has 0 radical (unpaired) electrons. The Hall–Kier alpha value is -7.83. The van der Waals surface area contributed by atoms with E-state index in [0.29, 0.717) is 0 Å². The molecule has 57 heavy (non-hydrogen) atoms. The summed E-state index contributed by atoms with van der Waals surface area (Å²) in [4.78, 5) is 12.8. The van der Waals surface area contributed by atoms with E-state index in [4.69, 9.17) is 42.0 Å². The monoisotopic (exact) mass is 760 g/mol. The fourth-order valence-electron chi connectivity index (χ4n) is 6.57. The van der Waals surface area contributed by atoms with Crippen molar-refractivity contribution < 1.29 is 53.0 Å². The van der Waals surface area contributed by atoms with Gasteiger partial charge in [-0.25, -0.2) is 15.0 Å². The fraction of sp³-hybridized carbons (Fsp3) is 0. The first-order chi connectivity index (χ1) is 40.3. The van der Waals surface area contributed by atoms with Gasteiger partial charge in [0.1, 0.15) is 33.5 Å². The molecule has 0 fully saturated rings. The quantitative estimate of drug-likeness (QED) is 0.174. The summed E-state index contributed by atoms with van der Waals surface area (Å²) in [5, 5.41) is -3.18. The number of fused-ring (bicyclic) bond motifs is 9. The topological polar surface area (TPSA) is 78.1 Å². The molecule has 0 aliphatic heterocycles. The number of hydrogen-bond acceptors (Lipinski definition) is 6. The zero-order valence-electron chi connectivity index (χ0n) is 57.1. The third kappa shape index (κ3) is 4.94. The molecule has 4 heterocycles. The molecule has 6 heteroatoms. The van der Waals surface area contributed by atoms with E-state index in [2.05, 4.69) is 15.0 Å². The van der Waals surface area contributed by atoms with Crippen LogP contribution in [0.2, 0.25) is 0 Å². The van der Waals surface area contributed by atoms with Crippen LogP contribution in [-0.4, -0.2) is 15.0 Å². The molecule has 0 N–H and O–H groups in total. The number of para-hydroxylation sites is 2. The maximum absolute atomic E-state index is 9.90. The molecule has 0 saturated carbocycles. The van der Waals surface area contributed by atoms with Crippen molar-refractivity contribution in [1.82, 2.24) is 15.0 Å². The SMILES string of the molecule is [2H]c1c([2H])c([2H])c(-c2nc(-c3c([2H])c([2H])c([2H])c([2H])c3[2H])nc(-c3c([2H])c([2H])c4c(oc5c([2H])c([2H])c([2H])c(-c6c([2H])c([2H])c(-c7c([2H])c([2H])c([2H])c8oc9c([2H])c([2H])c([2H])c([2H])c9c78)c7c6oc6c([2H])c([2H])c([2H])c([2H])c67)c54)c3[2H])n2)c([2H])c1[2H]. The van der Waals surface area contributed by atoms with Crippen LogP contribution in [0.15, 0.2) is 188 Å². The lowest BCUT2D eigenvalue weighted by Gasteiger charge is -2.10. The van der Waals surface area contributed by atoms with Crippen LogP contribution in [0.3, 0.4) is 0 Å². The highest BCUT2D eigenvalue weighted by atomic mass is 16.3. The zero-order chi connectivity index (χ0) is 62.7. The number of nitrogens with zero attached hydrogens (tertiary/aromatic N) is 3. The molecule has 6 nitrogen and oxygen atoms in total. The highest BCUT2D eigenvalue weighted by Crippen LogP contribution is 2.47. The Kier molecular flexibility index (Phi) is 3.11. The molecule has 0 spiro atoms. The number of furan rings is 3. The Balaban J connectivity index is 1.24. The molecule has 4 aromatic heterocycles. The summed E-state index contributed by atoms with van der Waals surface area (Å²) in [7, 11) is 0. The molecule has 12 rings (SSSR count). The normalized spacial score (nSPS) is 19.0. The maximum Gasteiger partial charge on any atom is 0.164 e. The van der Waals surface area contributed by atoms with Gasteiger partial charge in [0, 0.05) is 54.6 Å². The van der Waals surface area contributed by atoms with Crippen LogP contribution < -0.4 is 0 Å². The van der Waals surface area contributed by atoms with Crippen molar-refractivity contribution in [3.05, 3.63) is 175 Å². The van der Waals surface area contributed by atoms with Gasteiger partial charge in [-0.1, -0.05) is 133 Å². The molecule has 0 saturated heterocycles. The number of benzene rings is 8. The van der Waals surface area contributed by atoms with Crippen molar-refractivity contribution in [1.29, 1.82) is 0 Å². The van der Waals surface area contributed by atoms with Crippen LogP contribution in [0, 0.1) is 0 Å². The second kappa shape index (κ2) is 12.3. The summed E-state index contributed by atoms with van der Waals surface area (Å²) >= 11 is 0. The minimum Gasteiger partial charge on any atom is -0.456 e. The molecule has 8 aromatic carbocycles. The first kappa shape index (κ1) is 14.3. The van der Waals surface area contributed by atoms with E-state index in [9.17, 15) is 11.0 Å². The number of aromatic nitrogens is 3. The third-order valence-electron chi connectivity index (χ3n) is 8.95. The lowest BCUT2D eigenvalue weighted by Crippen LogP contribution is -2.00. The molecule has 0 aliphatic carbocycles. The molecule has 0 aliphatic rings. The first-order valence-corrected chi connectivity index (χ1v) is 16.6. The van der Waals surface area contributed by atoms with Crippen molar-refractivity contribution >= 4 is 65.8 Å². The Labute approximate surface area is 366 Å². The van der Waals surface area contributed by atoms with Crippen LogP contribution >= 0.6 is 0 Å². The first-order valence-electron chi connectivity index (χ1n) is 31.1. The molecule has 12 aromatic rings. The van der Waals surface area contributed by atoms with Crippen molar-refractivity contribution in [2.24, 2.45) is 0 Å². The Morgan fingerprint density at radius 1 is 0.316 bits per heavy atom. The van der Waals surface area contributed by atoms with Gasteiger partial charge in [-0.2, -0.15) is 0 Å². The van der Waals surface area contributed by atoms with Gasteiger partial charge in [0.25, 0.3) is 0 Å². The summed E-state index contributed by atoms with van der Waals surface area (Å²) in [6.07, 6.45) is 0. The Morgan fingerprint density at radius 2 is 0.772 bits per heavy atom. The number of hydrogen-bond donors (Lipinski definition) is 0. The van der Waals surface area contributed by atoms with E-state index >= 15 is 0 Å². The van der Waals surface area contributed by atoms with Crippen LogP contribution in [0.25, 0.3) is 122 Å². The fourth-order valence-corrected chi connectivity index (χ4v) is 6.57. The van der Waals surface area contributed by atoms with Crippen molar-refractivity contribution in [3.63, 3.8) is 0 Å². The van der Waals surface area contributed by atoms with Crippen molar-refractivity contribution in [3.8, 4) is 56.4 Å². The molecule has 0 atom stereocenters. The molecular weight excluding hydrogens is 703 g/mol. The Bertz CT molecular complexity index is 5100. The summed E-state index contributed by atoms with van der Waals surface area (Å²) in [6, 6.07) is -25.6. The maximum atomic E-state index is 9.90. The zero-order valence-corrected chi connectivity index (χ0v) is 28.1. The van der Waals surface area contributed by atoms with Gasteiger partial charge >= 0.3 is 0 Å². The Morgan fingerprint density at radius 3 is 1.42 bits per heavy atom. The van der Waals surface area contributed by atoms with Gasteiger partial charge in [-0.05, 0) is 59.0 Å². The largest absolute Gasteiger partial charge is 0.456 e. The molecule has 0 unspecified atom stereocenters. The van der Waals surface area contributed by atoms with Gasteiger partial charge in [0.2, 0.25) is 0 Å². The second-order valence-electron chi connectivity index (χ2n) is 12.1. The van der Waals surface area contributed by atoms with E-state index in [1.165, 1.54) is 0 Å². The van der Waals surface area contributed by atoms with Gasteiger partial charge in [-0.15, -0.1) is 0 Å². The standard InChI is InChI=1S/C51H29N3O3/c1-3-13-30(14-4-1)49-52-50(31-15-5-2-6-16-31)54-51(53-49)32-25-26-39-44(29-32)56-43-24-12-20-34(46(39)43)36-28-27-35(47-38-18-8-10-22-41(38)57-48(36)47)33-19-11-23-42-45(33)37-17-7-9-21-40(37)55-42/h1-29H/i1D,2D,3D,4D,5D,6D,7D,8D,9D,10D,11D,12D,13D,14D,15D,16D,17D,18D,19D,20D,21D,22D,23D,24D,25D,26D,27D,28D,29D. The number of rotatable bonds is 5. The van der Waals surface area contributed by atoms with Gasteiger partial charge in [-0.3, -0.25) is 0 Å². The van der Waals surface area contributed by atoms with Gasteiger partial charge in [0.05, 0.1) is 39.8 Å². The highest BCUT2D eigenvalue weighted by molar-refractivity contribution is 6.23. The molecule has 0 bridgehead atoms. The van der Waals surface area contributed by atoms with Crippen molar-refractivity contribution in [2.45, 2.75) is 0 Å². The summed E-state index contributed by atoms with van der Waals surface area (Å²) < 4.78 is 277. The lowest BCUT2D eigenvalue weighted by molar-refractivity contribution is 0.668. The predicted molar refractivity (Wildman–Crippen MR) is 229 cm³/mol. The highest BCUT2D eigenvalue weighted by Gasteiger charge is 2.23. The molecule has 0 amide bonds. The van der Waals surface area contributed by atoms with E-state index in [0.717, 1.165) is 0 Å². The van der Waals surface area contributed by atoms with E-state index in [1.807, 2.05) is 0 Å². The summed E-state index contributed by atoms with van der Waals surface area (Å²) in [6.45, 7) is 0. The van der Waals surface area contributed by atoms with Crippen LogP contribution in [-0.2, 0) is 0 Å². The van der Waals surface area contributed by atoms with Crippen molar-refractivity contribution in [2.75, 3.05) is 0 Å². The third-order valence-corrected chi connectivity index (χ3v) is 8.95. The second-order valence-corrected chi connectivity index (χ2v) is 12.1. The van der Waals surface area contributed by atoms with E-state index in [-0.39, 0.29) is 0 Å².